The minimum atomic E-state index is 0.191. The molecule has 0 heteroatoms. The monoisotopic (exact) mass is 722 g/mol. The molecule has 12 rings (SSSR count). The highest BCUT2D eigenvalue weighted by Crippen LogP contribution is 2.53. The minimum absolute atomic E-state index is 0.191. The lowest BCUT2D eigenvalue weighted by molar-refractivity contribution is 1.01. The van der Waals surface area contributed by atoms with Crippen LogP contribution in [0, 0.1) is 0 Å². The quantitative estimate of drug-likeness (QED) is 0.166. The van der Waals surface area contributed by atoms with Crippen molar-refractivity contribution < 1.29 is 0 Å². The second kappa shape index (κ2) is 12.8. The van der Waals surface area contributed by atoms with E-state index >= 15 is 0 Å². The molecule has 2 unspecified atom stereocenters. The van der Waals surface area contributed by atoms with Crippen LogP contribution < -0.4 is 0 Å². The van der Waals surface area contributed by atoms with Gasteiger partial charge in [0.25, 0.3) is 0 Å². The zero-order valence-electron chi connectivity index (χ0n) is 31.4. The fraction of sp³-hybridized carbons (Fsp3) is 0.0526. The van der Waals surface area contributed by atoms with Crippen LogP contribution in [0.4, 0.5) is 0 Å². The average Bonchev–Trinajstić information content (AvgIpc) is 3.92. The number of benzene rings is 9. The molecule has 0 aliphatic heterocycles. The third-order valence-corrected chi connectivity index (χ3v) is 12.9. The first-order valence-corrected chi connectivity index (χ1v) is 20.2. The van der Waals surface area contributed by atoms with Gasteiger partial charge < -0.3 is 0 Å². The molecular weight excluding hydrogens is 685 g/mol. The zero-order valence-corrected chi connectivity index (χ0v) is 31.4. The van der Waals surface area contributed by atoms with Gasteiger partial charge in [0.15, 0.2) is 0 Å². The van der Waals surface area contributed by atoms with Crippen LogP contribution in [0.3, 0.4) is 0 Å². The van der Waals surface area contributed by atoms with Crippen molar-refractivity contribution in [1.29, 1.82) is 0 Å². The maximum atomic E-state index is 2.46. The summed E-state index contributed by atoms with van der Waals surface area (Å²) in [6.45, 7) is 0. The third-order valence-electron chi connectivity index (χ3n) is 12.9. The molecule has 0 spiro atoms. The van der Waals surface area contributed by atoms with Crippen LogP contribution in [0.25, 0.3) is 55.6 Å². The van der Waals surface area contributed by atoms with Crippen molar-refractivity contribution in [2.24, 2.45) is 0 Å². The lowest BCUT2D eigenvalue weighted by Gasteiger charge is -2.16. The lowest BCUT2D eigenvalue weighted by Crippen LogP contribution is -1.99. The first-order valence-electron chi connectivity index (χ1n) is 20.2. The standard InChI is InChI=1S/C57H38/c1-4-14-36(15-5-1)55-45-22-12-10-20-43(45)51-32-39(24-28-47(51)55)41-26-30-49-53(34-41)54-35-42(27-31-50(54)57(49)38-18-8-3-9-19-38)40-25-29-48-52(33-40)44-21-11-13-23-46(44)56(48)37-16-6-2-7-17-37/h1-35,55-57H. The molecule has 0 nitrogen and oxygen atoms in total. The molecule has 3 aliphatic rings. The first kappa shape index (κ1) is 32.2. The Hall–Kier alpha value is -7.02. The van der Waals surface area contributed by atoms with Gasteiger partial charge in [-0.25, -0.2) is 0 Å². The van der Waals surface area contributed by atoms with Gasteiger partial charge in [0, 0.05) is 17.8 Å². The predicted octanol–water partition coefficient (Wildman–Crippen LogP) is 14.5. The summed E-state index contributed by atoms with van der Waals surface area (Å²) in [4.78, 5) is 0. The normalized spacial score (nSPS) is 16.6. The topological polar surface area (TPSA) is 0 Å². The SMILES string of the molecule is c1ccc(C2c3ccccc3-c3cc(-c4ccc5c(c4)-c4cc(-c6ccc7c(c6)-c6ccccc6C7c6ccccc6)ccc4C5c4ccccc4)ccc32)cc1. The maximum absolute atomic E-state index is 2.46. The van der Waals surface area contributed by atoms with E-state index in [4.69, 9.17) is 0 Å². The Balaban J connectivity index is 0.980. The Kier molecular flexibility index (Phi) is 7.22. The van der Waals surface area contributed by atoms with Crippen molar-refractivity contribution in [2.75, 3.05) is 0 Å². The number of rotatable bonds is 5. The van der Waals surface area contributed by atoms with Crippen molar-refractivity contribution in [3.8, 4) is 55.6 Å². The Morgan fingerprint density at radius 3 is 0.754 bits per heavy atom. The van der Waals surface area contributed by atoms with Gasteiger partial charge in [-0.15, -0.1) is 0 Å². The van der Waals surface area contributed by atoms with E-state index in [-0.39, 0.29) is 17.8 Å². The average molecular weight is 723 g/mol. The summed E-state index contributed by atoms with van der Waals surface area (Å²) in [5, 5.41) is 0. The molecule has 0 heterocycles. The molecule has 2 atom stereocenters. The molecule has 0 fully saturated rings. The van der Waals surface area contributed by atoms with E-state index in [2.05, 4.69) is 212 Å². The molecular formula is C57H38. The molecule has 0 saturated heterocycles. The Labute approximate surface area is 334 Å². The summed E-state index contributed by atoms with van der Waals surface area (Å²) in [6.07, 6.45) is 0. The van der Waals surface area contributed by atoms with E-state index in [1.165, 1.54) is 106 Å². The van der Waals surface area contributed by atoms with Crippen molar-refractivity contribution in [3.63, 3.8) is 0 Å². The summed E-state index contributed by atoms with van der Waals surface area (Å²) in [5.41, 5.74) is 25.4. The second-order valence-electron chi connectivity index (χ2n) is 15.9. The molecule has 266 valence electrons. The lowest BCUT2D eigenvalue weighted by atomic mass is 9.87. The molecule has 0 N–H and O–H groups in total. The van der Waals surface area contributed by atoms with Crippen LogP contribution >= 0.6 is 0 Å². The maximum Gasteiger partial charge on any atom is 0.0352 e. The van der Waals surface area contributed by atoms with Gasteiger partial charge in [-0.2, -0.15) is 0 Å². The van der Waals surface area contributed by atoms with Crippen LogP contribution in [-0.2, 0) is 0 Å². The molecule has 0 bridgehead atoms. The van der Waals surface area contributed by atoms with Gasteiger partial charge in [-0.05, 0) is 130 Å². The van der Waals surface area contributed by atoms with Crippen LogP contribution in [0.1, 0.15) is 67.8 Å². The minimum Gasteiger partial charge on any atom is -0.0622 e. The fourth-order valence-electron chi connectivity index (χ4n) is 10.4. The summed E-state index contributed by atoms with van der Waals surface area (Å²) >= 11 is 0. The van der Waals surface area contributed by atoms with Gasteiger partial charge in [-0.1, -0.05) is 188 Å². The molecule has 57 heavy (non-hydrogen) atoms. The van der Waals surface area contributed by atoms with E-state index in [0.717, 1.165) is 0 Å². The first-order chi connectivity index (χ1) is 28.3. The van der Waals surface area contributed by atoms with Crippen LogP contribution in [0.15, 0.2) is 212 Å². The molecule has 0 radical (unpaired) electrons. The van der Waals surface area contributed by atoms with Crippen LogP contribution in [0.5, 0.6) is 0 Å². The number of hydrogen-bond acceptors (Lipinski definition) is 0. The third kappa shape index (κ3) is 5.00. The van der Waals surface area contributed by atoms with Gasteiger partial charge in [0.2, 0.25) is 0 Å². The Morgan fingerprint density at radius 1 is 0.193 bits per heavy atom. The molecule has 0 saturated carbocycles. The summed E-state index contributed by atoms with van der Waals surface area (Å²) in [5.74, 6) is 0.692. The highest BCUT2D eigenvalue weighted by molar-refractivity contribution is 5.91. The second-order valence-corrected chi connectivity index (χ2v) is 15.9. The van der Waals surface area contributed by atoms with E-state index in [9.17, 15) is 0 Å². The molecule has 9 aromatic carbocycles. The largest absolute Gasteiger partial charge is 0.0622 e. The van der Waals surface area contributed by atoms with E-state index in [0.29, 0.717) is 0 Å². The van der Waals surface area contributed by atoms with Crippen LogP contribution in [-0.4, -0.2) is 0 Å². The van der Waals surface area contributed by atoms with E-state index in [1.54, 1.807) is 0 Å². The van der Waals surface area contributed by atoms with Crippen molar-refractivity contribution in [3.05, 3.63) is 262 Å². The Morgan fingerprint density at radius 2 is 0.439 bits per heavy atom. The van der Waals surface area contributed by atoms with Gasteiger partial charge >= 0.3 is 0 Å². The van der Waals surface area contributed by atoms with E-state index in [1.807, 2.05) is 0 Å². The van der Waals surface area contributed by atoms with E-state index < -0.39 is 0 Å². The number of hydrogen-bond donors (Lipinski definition) is 0. The highest BCUT2D eigenvalue weighted by Gasteiger charge is 2.33. The van der Waals surface area contributed by atoms with Gasteiger partial charge in [0.1, 0.15) is 0 Å². The summed E-state index contributed by atoms with van der Waals surface area (Å²) in [6, 6.07) is 79.6. The Bertz CT molecular complexity index is 2820. The van der Waals surface area contributed by atoms with Crippen molar-refractivity contribution >= 4 is 0 Å². The summed E-state index contributed by atoms with van der Waals surface area (Å²) < 4.78 is 0. The molecule has 0 aromatic heterocycles. The molecule has 9 aromatic rings. The fourth-order valence-corrected chi connectivity index (χ4v) is 10.4. The van der Waals surface area contributed by atoms with Crippen LogP contribution in [0.2, 0.25) is 0 Å². The molecule has 3 aliphatic carbocycles. The van der Waals surface area contributed by atoms with Crippen molar-refractivity contribution in [2.45, 2.75) is 17.8 Å². The zero-order chi connectivity index (χ0) is 37.5. The highest BCUT2D eigenvalue weighted by atomic mass is 14.4. The summed E-state index contributed by atoms with van der Waals surface area (Å²) in [7, 11) is 0. The van der Waals surface area contributed by atoms with Gasteiger partial charge in [-0.3, -0.25) is 0 Å². The predicted molar refractivity (Wildman–Crippen MR) is 236 cm³/mol. The number of fused-ring (bicyclic) bond motifs is 9. The van der Waals surface area contributed by atoms with Gasteiger partial charge in [0.05, 0.1) is 0 Å². The van der Waals surface area contributed by atoms with Crippen molar-refractivity contribution in [1.82, 2.24) is 0 Å². The smallest absolute Gasteiger partial charge is 0.0352 e. The molecule has 0 amide bonds.